The lowest BCUT2D eigenvalue weighted by molar-refractivity contribution is 0.198. The topological polar surface area (TPSA) is 92.4 Å². The quantitative estimate of drug-likeness (QED) is 0.657. The number of hydrogen-bond acceptors (Lipinski definition) is 4. The van der Waals surface area contributed by atoms with Gasteiger partial charge >= 0.3 is 0 Å². The average molecular weight is 248 g/mol. The molecule has 0 aliphatic carbocycles. The highest BCUT2D eigenvalue weighted by atomic mass is 32.2. The van der Waals surface area contributed by atoms with Crippen molar-refractivity contribution in [2.45, 2.75) is 17.9 Å². The molecule has 1 aromatic rings. The molecule has 1 rings (SSSR count). The second-order valence-corrected chi connectivity index (χ2v) is 5.09. The largest absolute Gasteiger partial charge is 0.395 e. The van der Waals surface area contributed by atoms with Gasteiger partial charge < -0.3 is 10.8 Å². The highest BCUT2D eigenvalue weighted by Crippen LogP contribution is 2.20. The normalized spacial score (nSPS) is 13.7. The minimum Gasteiger partial charge on any atom is -0.395 e. The Hall–Kier alpha value is -1.18. The number of nitrogens with one attached hydrogen (secondary N) is 1. The lowest BCUT2D eigenvalue weighted by Crippen LogP contribution is -2.31. The first-order chi connectivity index (χ1) is 7.34. The molecule has 0 aliphatic heterocycles. The van der Waals surface area contributed by atoms with Crippen molar-refractivity contribution >= 4 is 15.7 Å². The molecule has 0 bridgehead atoms. The maximum absolute atomic E-state index is 13.0. The van der Waals surface area contributed by atoms with Crippen LogP contribution in [0, 0.1) is 5.82 Å². The van der Waals surface area contributed by atoms with E-state index >= 15 is 0 Å². The summed E-state index contributed by atoms with van der Waals surface area (Å²) in [4.78, 5) is -0.326. The Morgan fingerprint density at radius 1 is 1.56 bits per heavy atom. The van der Waals surface area contributed by atoms with Gasteiger partial charge in [0.1, 0.15) is 10.7 Å². The summed E-state index contributed by atoms with van der Waals surface area (Å²) in [7, 11) is -3.88. The minimum absolute atomic E-state index is 0.154. The van der Waals surface area contributed by atoms with Crippen molar-refractivity contribution < 1.29 is 17.9 Å². The molecule has 0 amide bonds. The number of nitrogen functional groups attached to an aromatic ring is 1. The molecule has 0 saturated heterocycles. The summed E-state index contributed by atoms with van der Waals surface area (Å²) in [6.07, 6.45) is -0.829. The fourth-order valence-corrected chi connectivity index (χ4v) is 2.32. The van der Waals surface area contributed by atoms with Gasteiger partial charge in [-0.2, -0.15) is 0 Å². The second kappa shape index (κ2) is 4.77. The molecule has 1 aromatic carbocycles. The maximum Gasteiger partial charge on any atom is 0.242 e. The summed E-state index contributed by atoms with van der Waals surface area (Å²) in [6.45, 7) is 1.27. The third kappa shape index (κ3) is 2.91. The number of aliphatic hydroxyl groups is 1. The molecule has 0 radical (unpaired) electrons. The van der Waals surface area contributed by atoms with Crippen molar-refractivity contribution in [2.24, 2.45) is 0 Å². The van der Waals surface area contributed by atoms with Crippen molar-refractivity contribution in [1.29, 1.82) is 0 Å². The van der Waals surface area contributed by atoms with Crippen LogP contribution in [0.15, 0.2) is 23.1 Å². The number of sulfonamides is 1. The number of aliphatic hydroxyl groups excluding tert-OH is 1. The number of hydrogen-bond donors (Lipinski definition) is 3. The zero-order valence-corrected chi connectivity index (χ0v) is 9.46. The summed E-state index contributed by atoms with van der Waals surface area (Å²) in [5.74, 6) is -0.792. The molecule has 16 heavy (non-hydrogen) atoms. The molecule has 4 N–H and O–H groups in total. The van der Waals surface area contributed by atoms with Crippen LogP contribution in [0.2, 0.25) is 0 Å². The van der Waals surface area contributed by atoms with Gasteiger partial charge in [-0.15, -0.1) is 0 Å². The number of nitrogens with two attached hydrogens (primary N) is 1. The Labute approximate surface area is 93.1 Å². The Kier molecular flexibility index (Phi) is 3.84. The predicted octanol–water partition coefficient (Wildman–Crippen LogP) is 0.0670. The molecule has 0 heterocycles. The van der Waals surface area contributed by atoms with E-state index in [-0.39, 0.29) is 11.4 Å². The van der Waals surface area contributed by atoms with Crippen LogP contribution in [0.4, 0.5) is 10.1 Å². The van der Waals surface area contributed by atoms with Gasteiger partial charge in [0.05, 0.1) is 11.8 Å². The van der Waals surface area contributed by atoms with E-state index in [1.54, 1.807) is 0 Å². The van der Waals surface area contributed by atoms with Crippen LogP contribution < -0.4 is 10.5 Å². The van der Waals surface area contributed by atoms with E-state index in [0.717, 1.165) is 6.07 Å². The Bertz CT molecular complexity index is 474. The van der Waals surface area contributed by atoms with Crippen LogP contribution in [0.3, 0.4) is 0 Å². The van der Waals surface area contributed by atoms with E-state index in [9.17, 15) is 12.8 Å². The fraction of sp³-hybridized carbons (Fsp3) is 0.333. The molecule has 1 unspecified atom stereocenters. The average Bonchev–Trinajstić information content (AvgIpc) is 2.19. The van der Waals surface area contributed by atoms with Gasteiger partial charge in [0.25, 0.3) is 0 Å². The van der Waals surface area contributed by atoms with Crippen LogP contribution in [-0.4, -0.2) is 26.2 Å². The predicted molar refractivity (Wildman–Crippen MR) is 57.7 cm³/mol. The molecule has 0 aromatic heterocycles. The Morgan fingerprint density at radius 3 is 2.75 bits per heavy atom. The van der Waals surface area contributed by atoms with Gasteiger partial charge in [-0.25, -0.2) is 17.5 Å². The van der Waals surface area contributed by atoms with E-state index < -0.39 is 27.6 Å². The zero-order valence-electron chi connectivity index (χ0n) is 8.64. The van der Waals surface area contributed by atoms with E-state index in [0.29, 0.717) is 0 Å². The van der Waals surface area contributed by atoms with Crippen molar-refractivity contribution in [1.82, 2.24) is 4.72 Å². The monoisotopic (exact) mass is 248 g/mol. The zero-order chi connectivity index (χ0) is 12.3. The first-order valence-corrected chi connectivity index (χ1v) is 6.04. The maximum atomic E-state index is 13.0. The summed E-state index contributed by atoms with van der Waals surface area (Å²) >= 11 is 0. The van der Waals surface area contributed by atoms with Gasteiger partial charge in [0, 0.05) is 6.54 Å². The lowest BCUT2D eigenvalue weighted by Gasteiger charge is -2.10. The van der Waals surface area contributed by atoms with E-state index in [1.807, 2.05) is 0 Å². The first-order valence-electron chi connectivity index (χ1n) is 4.56. The van der Waals surface area contributed by atoms with Gasteiger partial charge in [0.15, 0.2) is 0 Å². The molecule has 5 nitrogen and oxygen atoms in total. The molecular weight excluding hydrogens is 235 g/mol. The molecule has 1 atom stereocenters. The van der Waals surface area contributed by atoms with Gasteiger partial charge in [-0.3, -0.25) is 0 Å². The molecule has 90 valence electrons. The SMILES string of the molecule is CC(O)CNS(=O)(=O)c1cccc(F)c1N. The highest BCUT2D eigenvalue weighted by Gasteiger charge is 2.19. The number of benzene rings is 1. The highest BCUT2D eigenvalue weighted by molar-refractivity contribution is 7.89. The summed E-state index contributed by atoms with van der Waals surface area (Å²) in [6, 6.07) is 3.52. The minimum atomic E-state index is -3.88. The number of anilines is 1. The number of halogens is 1. The third-order valence-corrected chi connectivity index (χ3v) is 3.35. The molecule has 0 aliphatic rings. The smallest absolute Gasteiger partial charge is 0.242 e. The van der Waals surface area contributed by atoms with E-state index in [4.69, 9.17) is 10.8 Å². The van der Waals surface area contributed by atoms with Crippen LogP contribution in [0.25, 0.3) is 0 Å². The van der Waals surface area contributed by atoms with Crippen LogP contribution >= 0.6 is 0 Å². The number of para-hydroxylation sites is 1. The molecule has 0 fully saturated rings. The van der Waals surface area contributed by atoms with Gasteiger partial charge in [-0.1, -0.05) is 6.07 Å². The van der Waals surface area contributed by atoms with Crippen molar-refractivity contribution in [3.8, 4) is 0 Å². The second-order valence-electron chi connectivity index (χ2n) is 3.35. The Morgan fingerprint density at radius 2 is 2.19 bits per heavy atom. The molecule has 0 saturated carbocycles. The number of rotatable bonds is 4. The van der Waals surface area contributed by atoms with Gasteiger partial charge in [0.2, 0.25) is 10.0 Å². The lowest BCUT2D eigenvalue weighted by atomic mass is 10.3. The Balaban J connectivity index is 3.03. The third-order valence-electron chi connectivity index (χ3n) is 1.87. The standard InChI is InChI=1S/C9H13FN2O3S/c1-6(13)5-12-16(14,15)8-4-2-3-7(10)9(8)11/h2-4,6,12-13H,5,11H2,1H3. The van der Waals surface area contributed by atoms with Crippen molar-refractivity contribution in [2.75, 3.05) is 12.3 Å². The molecule has 0 spiro atoms. The van der Waals surface area contributed by atoms with E-state index in [2.05, 4.69) is 4.72 Å². The van der Waals surface area contributed by atoms with Crippen LogP contribution in [-0.2, 0) is 10.0 Å². The van der Waals surface area contributed by atoms with Gasteiger partial charge in [-0.05, 0) is 19.1 Å². The summed E-state index contributed by atoms with van der Waals surface area (Å²) in [5, 5.41) is 8.95. The van der Waals surface area contributed by atoms with Crippen molar-refractivity contribution in [3.05, 3.63) is 24.0 Å². The first kappa shape index (κ1) is 12.9. The molecule has 7 heteroatoms. The summed E-state index contributed by atoms with van der Waals surface area (Å²) < 4.78 is 38.4. The van der Waals surface area contributed by atoms with Crippen molar-refractivity contribution in [3.63, 3.8) is 0 Å². The fourth-order valence-electron chi connectivity index (χ4n) is 1.06. The van der Waals surface area contributed by atoms with Crippen LogP contribution in [0.1, 0.15) is 6.92 Å². The van der Waals surface area contributed by atoms with Crippen LogP contribution in [0.5, 0.6) is 0 Å². The summed E-state index contributed by atoms with van der Waals surface area (Å²) in [5.41, 5.74) is 4.89. The molecular formula is C9H13FN2O3S. The van der Waals surface area contributed by atoms with E-state index in [1.165, 1.54) is 19.1 Å².